The van der Waals surface area contributed by atoms with Crippen LogP contribution in [-0.2, 0) is 5.75 Å². The van der Waals surface area contributed by atoms with Crippen LogP contribution in [0.15, 0.2) is 41.8 Å². The van der Waals surface area contributed by atoms with Crippen LogP contribution in [0.25, 0.3) is 5.69 Å². The minimum atomic E-state index is -0.110. The van der Waals surface area contributed by atoms with Crippen molar-refractivity contribution in [2.24, 2.45) is 0 Å². The molecule has 1 aromatic carbocycles. The maximum absolute atomic E-state index is 13.0. The van der Waals surface area contributed by atoms with E-state index < -0.39 is 0 Å². The first-order valence-corrected chi connectivity index (χ1v) is 10.5. The third-order valence-corrected chi connectivity index (χ3v) is 5.65. The highest BCUT2D eigenvalue weighted by atomic mass is 35.5. The fourth-order valence-corrected chi connectivity index (χ4v) is 4.34. The second kappa shape index (κ2) is 8.46. The van der Waals surface area contributed by atoms with Gasteiger partial charge in [0.25, 0.3) is 5.91 Å². The molecular formula is C18H16Cl2N6OS. The van der Waals surface area contributed by atoms with Gasteiger partial charge in [0.1, 0.15) is 0 Å². The predicted molar refractivity (Wildman–Crippen MR) is 108 cm³/mol. The Morgan fingerprint density at radius 3 is 2.43 bits per heavy atom. The second-order valence-electron chi connectivity index (χ2n) is 6.24. The minimum absolute atomic E-state index is 0.110. The number of nitrogens with zero attached hydrogens (tertiary/aromatic N) is 6. The standard InChI is InChI=1S/C18H16Cl2N6OS/c19-12-8-13(20)10-14(9-12)26-15(11-28-18-21-4-3-5-22-18)16(23-24-26)17(27)25-6-1-2-7-25/h3-5,8-10H,1-2,6-7,11H2. The number of hydrogen-bond donors (Lipinski definition) is 0. The Kier molecular flexibility index (Phi) is 5.79. The van der Waals surface area contributed by atoms with E-state index >= 15 is 0 Å². The molecular weight excluding hydrogens is 419 g/mol. The van der Waals surface area contributed by atoms with E-state index in [0.29, 0.717) is 38.0 Å². The number of thioether (sulfide) groups is 1. The zero-order chi connectivity index (χ0) is 19.5. The fraction of sp³-hybridized carbons (Fsp3) is 0.278. The van der Waals surface area contributed by atoms with Gasteiger partial charge in [0, 0.05) is 41.3 Å². The van der Waals surface area contributed by atoms with Gasteiger partial charge in [-0.05, 0) is 37.1 Å². The number of rotatable bonds is 5. The lowest BCUT2D eigenvalue weighted by atomic mass is 10.2. The molecule has 0 unspecified atom stereocenters. The van der Waals surface area contributed by atoms with Crippen molar-refractivity contribution in [2.75, 3.05) is 13.1 Å². The molecule has 10 heteroatoms. The molecule has 0 saturated carbocycles. The molecule has 0 aliphatic carbocycles. The summed E-state index contributed by atoms with van der Waals surface area (Å²) in [5.41, 5.74) is 1.64. The van der Waals surface area contributed by atoms with Crippen LogP contribution < -0.4 is 0 Å². The molecule has 1 amide bonds. The molecule has 28 heavy (non-hydrogen) atoms. The normalized spacial score (nSPS) is 13.9. The van der Waals surface area contributed by atoms with Gasteiger partial charge >= 0.3 is 0 Å². The van der Waals surface area contributed by atoms with Crippen LogP contribution in [0.4, 0.5) is 0 Å². The molecule has 1 aliphatic heterocycles. The third-order valence-electron chi connectivity index (χ3n) is 4.33. The van der Waals surface area contributed by atoms with Crippen LogP contribution in [0.5, 0.6) is 0 Å². The Balaban J connectivity index is 1.71. The molecule has 1 aliphatic rings. The average molecular weight is 435 g/mol. The van der Waals surface area contributed by atoms with Crippen molar-refractivity contribution in [3.05, 3.63) is 58.1 Å². The SMILES string of the molecule is O=C(c1nnn(-c2cc(Cl)cc(Cl)c2)c1CSc1ncccn1)N1CCCC1. The fourth-order valence-electron chi connectivity index (χ4n) is 3.03. The van der Waals surface area contributed by atoms with Crippen molar-refractivity contribution >= 4 is 40.9 Å². The summed E-state index contributed by atoms with van der Waals surface area (Å²) in [7, 11) is 0. The molecule has 0 spiro atoms. The van der Waals surface area contributed by atoms with Gasteiger partial charge < -0.3 is 4.90 Å². The number of hydrogen-bond acceptors (Lipinski definition) is 6. The summed E-state index contributed by atoms with van der Waals surface area (Å²) in [6, 6.07) is 6.87. The summed E-state index contributed by atoms with van der Waals surface area (Å²) >= 11 is 13.7. The number of likely N-dealkylation sites (tertiary alicyclic amines) is 1. The maximum Gasteiger partial charge on any atom is 0.276 e. The highest BCUT2D eigenvalue weighted by Gasteiger charge is 2.27. The van der Waals surface area contributed by atoms with Crippen molar-refractivity contribution in [1.82, 2.24) is 29.9 Å². The smallest absolute Gasteiger partial charge is 0.276 e. The lowest BCUT2D eigenvalue weighted by Gasteiger charge is -2.14. The maximum atomic E-state index is 13.0. The minimum Gasteiger partial charge on any atom is -0.337 e. The van der Waals surface area contributed by atoms with E-state index in [9.17, 15) is 4.79 Å². The topological polar surface area (TPSA) is 76.8 Å². The Hall–Kier alpha value is -2.16. The van der Waals surface area contributed by atoms with Crippen molar-refractivity contribution < 1.29 is 4.79 Å². The molecule has 0 N–H and O–H groups in total. The lowest BCUT2D eigenvalue weighted by molar-refractivity contribution is 0.0786. The van der Waals surface area contributed by atoms with Gasteiger partial charge in [0.2, 0.25) is 0 Å². The Bertz CT molecular complexity index is 971. The quantitative estimate of drug-likeness (QED) is 0.447. The zero-order valence-corrected chi connectivity index (χ0v) is 17.1. The number of carbonyl (C=O) groups is 1. The summed E-state index contributed by atoms with van der Waals surface area (Å²) in [4.78, 5) is 23.2. The van der Waals surface area contributed by atoms with E-state index in [4.69, 9.17) is 23.2 Å². The van der Waals surface area contributed by atoms with Gasteiger partial charge in [-0.2, -0.15) is 0 Å². The summed E-state index contributed by atoms with van der Waals surface area (Å²) in [5, 5.41) is 9.99. The molecule has 7 nitrogen and oxygen atoms in total. The van der Waals surface area contributed by atoms with Crippen LogP contribution in [0.1, 0.15) is 29.0 Å². The van der Waals surface area contributed by atoms with Crippen LogP contribution >= 0.6 is 35.0 Å². The largest absolute Gasteiger partial charge is 0.337 e. The zero-order valence-electron chi connectivity index (χ0n) is 14.8. The molecule has 1 saturated heterocycles. The lowest BCUT2D eigenvalue weighted by Crippen LogP contribution is -2.28. The molecule has 144 valence electrons. The number of amides is 1. The van der Waals surface area contributed by atoms with Gasteiger partial charge in [-0.3, -0.25) is 4.79 Å². The van der Waals surface area contributed by atoms with Gasteiger partial charge in [0.15, 0.2) is 10.9 Å². The van der Waals surface area contributed by atoms with Crippen molar-refractivity contribution in [2.45, 2.75) is 23.8 Å². The summed E-state index contributed by atoms with van der Waals surface area (Å²) in [6.45, 7) is 1.48. The van der Waals surface area contributed by atoms with Crippen LogP contribution in [0, 0.1) is 0 Å². The third kappa shape index (κ3) is 4.14. The van der Waals surface area contributed by atoms with E-state index in [1.165, 1.54) is 11.8 Å². The molecule has 0 bridgehead atoms. The predicted octanol–water partition coefficient (Wildman–Crippen LogP) is 3.89. The molecule has 1 fully saturated rings. The van der Waals surface area contributed by atoms with Gasteiger partial charge in [0.05, 0.1) is 11.4 Å². The Morgan fingerprint density at radius 2 is 1.75 bits per heavy atom. The van der Waals surface area contributed by atoms with Crippen LogP contribution in [0.3, 0.4) is 0 Å². The summed E-state index contributed by atoms with van der Waals surface area (Å²) in [5.74, 6) is 0.317. The van der Waals surface area contributed by atoms with Gasteiger partial charge in [-0.25, -0.2) is 14.6 Å². The van der Waals surface area contributed by atoms with E-state index in [0.717, 1.165) is 25.9 Å². The van der Waals surface area contributed by atoms with Gasteiger partial charge in [-0.1, -0.05) is 40.2 Å². The molecule has 4 rings (SSSR count). The van der Waals surface area contributed by atoms with Crippen LogP contribution in [0.2, 0.25) is 10.0 Å². The van der Waals surface area contributed by atoms with Gasteiger partial charge in [-0.15, -0.1) is 5.10 Å². The number of benzene rings is 1. The molecule has 3 heterocycles. The first-order chi connectivity index (χ1) is 13.6. The second-order valence-corrected chi connectivity index (χ2v) is 8.06. The summed E-state index contributed by atoms with van der Waals surface area (Å²) in [6.07, 6.45) is 5.37. The highest BCUT2D eigenvalue weighted by molar-refractivity contribution is 7.98. The summed E-state index contributed by atoms with van der Waals surface area (Å²) < 4.78 is 1.61. The number of halogens is 2. The first-order valence-electron chi connectivity index (χ1n) is 8.72. The van der Waals surface area contributed by atoms with Crippen molar-refractivity contribution in [3.63, 3.8) is 0 Å². The number of aromatic nitrogens is 5. The Morgan fingerprint density at radius 1 is 1.07 bits per heavy atom. The van der Waals surface area contributed by atoms with E-state index in [1.807, 2.05) is 4.90 Å². The van der Waals surface area contributed by atoms with Crippen molar-refractivity contribution in [1.29, 1.82) is 0 Å². The molecule has 2 aromatic heterocycles. The molecule has 3 aromatic rings. The van der Waals surface area contributed by atoms with Crippen LogP contribution in [-0.4, -0.2) is 48.9 Å². The first kappa shape index (κ1) is 19.2. The molecule has 0 radical (unpaired) electrons. The number of carbonyl (C=O) groups excluding carboxylic acids is 1. The van der Waals surface area contributed by atoms with E-state index in [1.54, 1.807) is 41.3 Å². The Labute approximate surface area is 176 Å². The van der Waals surface area contributed by atoms with E-state index in [-0.39, 0.29) is 5.91 Å². The molecule has 0 atom stereocenters. The average Bonchev–Trinajstić information content (AvgIpc) is 3.36. The van der Waals surface area contributed by atoms with Crippen molar-refractivity contribution in [3.8, 4) is 5.69 Å². The monoisotopic (exact) mass is 434 g/mol. The van der Waals surface area contributed by atoms with E-state index in [2.05, 4.69) is 20.3 Å². The highest BCUT2D eigenvalue weighted by Crippen LogP contribution is 2.27.